The van der Waals surface area contributed by atoms with Gasteiger partial charge >= 0.3 is 0 Å². The van der Waals surface area contributed by atoms with E-state index in [1.165, 1.54) is 12.1 Å². The lowest BCUT2D eigenvalue weighted by atomic mass is 10.1. The average Bonchev–Trinajstić information content (AvgIpc) is 2.20. The molecule has 1 aromatic heterocycles. The van der Waals surface area contributed by atoms with Crippen LogP contribution >= 0.6 is 0 Å². The molecule has 2 rings (SSSR count). The van der Waals surface area contributed by atoms with Crippen molar-refractivity contribution in [2.24, 2.45) is 0 Å². The van der Waals surface area contributed by atoms with Gasteiger partial charge in [0.1, 0.15) is 11.6 Å². The van der Waals surface area contributed by atoms with Crippen molar-refractivity contribution < 1.29 is 9.50 Å². The Morgan fingerprint density at radius 1 is 1.20 bits per heavy atom. The van der Waals surface area contributed by atoms with E-state index in [1.807, 2.05) is 19.1 Å². The molecule has 0 radical (unpaired) electrons. The van der Waals surface area contributed by atoms with Gasteiger partial charge in [-0.1, -0.05) is 6.07 Å². The predicted octanol–water partition coefficient (Wildman–Crippen LogP) is 2.90. The van der Waals surface area contributed by atoms with Crippen molar-refractivity contribution in [3.8, 4) is 16.9 Å². The summed E-state index contributed by atoms with van der Waals surface area (Å²) in [5.74, 6) is -0.517. The number of nitrogens with zero attached hydrogens (tertiary/aromatic N) is 1. The number of phenolic OH excluding ortho intramolecular Hbond substituents is 1. The lowest BCUT2D eigenvalue weighted by Gasteiger charge is -2.04. The van der Waals surface area contributed by atoms with Crippen LogP contribution in [0.3, 0.4) is 0 Å². The summed E-state index contributed by atoms with van der Waals surface area (Å²) >= 11 is 0. The van der Waals surface area contributed by atoms with Gasteiger partial charge in [0.2, 0.25) is 0 Å². The van der Waals surface area contributed by atoms with E-state index in [4.69, 9.17) is 0 Å². The maximum Gasteiger partial charge on any atom is 0.126 e. The smallest absolute Gasteiger partial charge is 0.126 e. The van der Waals surface area contributed by atoms with Gasteiger partial charge in [0, 0.05) is 29.1 Å². The second kappa shape index (κ2) is 3.69. The molecule has 0 unspecified atom stereocenters. The Morgan fingerprint density at radius 2 is 2.00 bits per heavy atom. The van der Waals surface area contributed by atoms with E-state index in [9.17, 15) is 9.50 Å². The number of hydrogen-bond donors (Lipinski definition) is 1. The molecule has 3 heteroatoms. The molecule has 0 saturated carbocycles. The number of rotatable bonds is 1. The van der Waals surface area contributed by atoms with E-state index in [-0.39, 0.29) is 5.75 Å². The molecule has 0 spiro atoms. The Morgan fingerprint density at radius 3 is 2.60 bits per heavy atom. The number of hydrogen-bond acceptors (Lipinski definition) is 2. The molecular formula is C12H10FNO. The van der Waals surface area contributed by atoms with Crippen LogP contribution in [0.2, 0.25) is 0 Å². The molecule has 0 aliphatic carbocycles. The third-order valence-electron chi connectivity index (χ3n) is 2.18. The monoisotopic (exact) mass is 203 g/mol. The lowest BCUT2D eigenvalue weighted by molar-refractivity contribution is 0.471. The molecule has 2 nitrogen and oxygen atoms in total. The van der Waals surface area contributed by atoms with Gasteiger partial charge in [0.25, 0.3) is 0 Å². The first-order chi connectivity index (χ1) is 7.16. The highest BCUT2D eigenvalue weighted by Crippen LogP contribution is 2.28. The number of aromatic nitrogens is 1. The molecular weight excluding hydrogens is 193 g/mol. The molecule has 1 aromatic carbocycles. The van der Waals surface area contributed by atoms with Crippen LogP contribution in [0.4, 0.5) is 4.39 Å². The summed E-state index contributed by atoms with van der Waals surface area (Å²) in [6.07, 6.45) is 1.66. The number of benzene rings is 1. The molecule has 0 aliphatic heterocycles. The SMILES string of the molecule is Cc1ccc(-c2ccc(F)cc2O)cn1. The van der Waals surface area contributed by atoms with Gasteiger partial charge in [-0.2, -0.15) is 0 Å². The molecule has 0 bridgehead atoms. The van der Waals surface area contributed by atoms with Gasteiger partial charge in [-0.3, -0.25) is 4.98 Å². The Hall–Kier alpha value is -1.90. The summed E-state index contributed by atoms with van der Waals surface area (Å²) < 4.78 is 12.8. The average molecular weight is 203 g/mol. The number of aryl methyl sites for hydroxylation is 1. The first kappa shape index (κ1) is 9.65. The number of phenols is 1. The summed E-state index contributed by atoms with van der Waals surface area (Å²) in [7, 11) is 0. The zero-order valence-electron chi connectivity index (χ0n) is 8.24. The van der Waals surface area contributed by atoms with Crippen molar-refractivity contribution in [2.45, 2.75) is 6.92 Å². The highest BCUT2D eigenvalue weighted by molar-refractivity contribution is 5.69. The van der Waals surface area contributed by atoms with Crippen molar-refractivity contribution in [3.63, 3.8) is 0 Å². The summed E-state index contributed by atoms with van der Waals surface area (Å²) in [4.78, 5) is 4.11. The summed E-state index contributed by atoms with van der Waals surface area (Å²) in [6.45, 7) is 1.88. The standard InChI is InChI=1S/C12H10FNO/c1-8-2-3-9(7-14-8)11-5-4-10(13)6-12(11)15/h2-7,15H,1H3. The zero-order valence-corrected chi connectivity index (χ0v) is 8.24. The van der Waals surface area contributed by atoms with Crippen LogP contribution in [0.15, 0.2) is 36.5 Å². The predicted molar refractivity (Wildman–Crippen MR) is 56.0 cm³/mol. The number of pyridine rings is 1. The van der Waals surface area contributed by atoms with Crippen molar-refractivity contribution in [1.82, 2.24) is 4.98 Å². The van der Waals surface area contributed by atoms with Gasteiger partial charge in [-0.15, -0.1) is 0 Å². The Bertz CT molecular complexity index is 479. The van der Waals surface area contributed by atoms with E-state index in [2.05, 4.69) is 4.98 Å². The normalized spacial score (nSPS) is 10.3. The summed E-state index contributed by atoms with van der Waals surface area (Å²) in [5.41, 5.74) is 2.27. The summed E-state index contributed by atoms with van der Waals surface area (Å²) in [6, 6.07) is 7.63. The third-order valence-corrected chi connectivity index (χ3v) is 2.18. The van der Waals surface area contributed by atoms with E-state index >= 15 is 0 Å². The Kier molecular flexibility index (Phi) is 2.37. The largest absolute Gasteiger partial charge is 0.507 e. The molecule has 0 aliphatic rings. The minimum absolute atomic E-state index is 0.0688. The van der Waals surface area contributed by atoms with E-state index in [0.717, 1.165) is 17.3 Å². The zero-order chi connectivity index (χ0) is 10.8. The molecule has 0 amide bonds. The molecule has 1 N–H and O–H groups in total. The van der Waals surface area contributed by atoms with Crippen molar-refractivity contribution in [3.05, 3.63) is 48.0 Å². The van der Waals surface area contributed by atoms with Crippen LogP contribution in [-0.4, -0.2) is 10.1 Å². The number of aromatic hydroxyl groups is 1. The van der Waals surface area contributed by atoms with E-state index in [0.29, 0.717) is 5.56 Å². The van der Waals surface area contributed by atoms with Gasteiger partial charge in [-0.25, -0.2) is 4.39 Å². The summed E-state index contributed by atoms with van der Waals surface area (Å²) in [5, 5.41) is 9.55. The van der Waals surface area contributed by atoms with E-state index < -0.39 is 5.82 Å². The fraction of sp³-hybridized carbons (Fsp3) is 0.0833. The van der Waals surface area contributed by atoms with Crippen molar-refractivity contribution >= 4 is 0 Å². The topological polar surface area (TPSA) is 33.1 Å². The Labute approximate surface area is 87.0 Å². The first-order valence-corrected chi connectivity index (χ1v) is 4.58. The van der Waals surface area contributed by atoms with Crippen LogP contribution in [-0.2, 0) is 0 Å². The molecule has 15 heavy (non-hydrogen) atoms. The minimum atomic E-state index is -0.448. The maximum absolute atomic E-state index is 12.8. The van der Waals surface area contributed by atoms with Crippen LogP contribution in [0.5, 0.6) is 5.75 Å². The molecule has 1 heterocycles. The lowest BCUT2D eigenvalue weighted by Crippen LogP contribution is -1.84. The molecule has 0 atom stereocenters. The highest BCUT2D eigenvalue weighted by Gasteiger charge is 2.05. The highest BCUT2D eigenvalue weighted by atomic mass is 19.1. The maximum atomic E-state index is 12.8. The van der Waals surface area contributed by atoms with Crippen LogP contribution in [0, 0.1) is 12.7 Å². The molecule has 2 aromatic rings. The van der Waals surface area contributed by atoms with Crippen LogP contribution < -0.4 is 0 Å². The van der Waals surface area contributed by atoms with Gasteiger partial charge in [0.05, 0.1) is 0 Å². The van der Waals surface area contributed by atoms with E-state index in [1.54, 1.807) is 6.20 Å². The van der Waals surface area contributed by atoms with Crippen LogP contribution in [0.1, 0.15) is 5.69 Å². The Balaban J connectivity index is 2.49. The van der Waals surface area contributed by atoms with Crippen LogP contribution in [0.25, 0.3) is 11.1 Å². The number of halogens is 1. The molecule has 76 valence electrons. The van der Waals surface area contributed by atoms with Gasteiger partial charge in [-0.05, 0) is 25.1 Å². The van der Waals surface area contributed by atoms with Gasteiger partial charge < -0.3 is 5.11 Å². The third kappa shape index (κ3) is 1.96. The quantitative estimate of drug-likeness (QED) is 0.773. The molecule has 0 fully saturated rings. The van der Waals surface area contributed by atoms with Crippen molar-refractivity contribution in [2.75, 3.05) is 0 Å². The molecule has 0 saturated heterocycles. The second-order valence-electron chi connectivity index (χ2n) is 3.35. The fourth-order valence-corrected chi connectivity index (χ4v) is 1.38. The van der Waals surface area contributed by atoms with Crippen molar-refractivity contribution in [1.29, 1.82) is 0 Å². The first-order valence-electron chi connectivity index (χ1n) is 4.58. The van der Waals surface area contributed by atoms with Gasteiger partial charge in [0.15, 0.2) is 0 Å². The minimum Gasteiger partial charge on any atom is -0.507 e. The second-order valence-corrected chi connectivity index (χ2v) is 3.35. The fourth-order valence-electron chi connectivity index (χ4n) is 1.38.